The lowest BCUT2D eigenvalue weighted by Gasteiger charge is -2.17. The first kappa shape index (κ1) is 13.3. The molecule has 0 aliphatic carbocycles. The maximum absolute atomic E-state index is 12.9. The molecule has 0 radical (unpaired) electrons. The lowest BCUT2D eigenvalue weighted by atomic mass is 10.1. The molecule has 2 rings (SSSR count). The van der Waals surface area contributed by atoms with Crippen molar-refractivity contribution in [1.29, 1.82) is 0 Å². The lowest BCUT2D eigenvalue weighted by molar-refractivity contribution is 0.0784. The molecule has 3 nitrogen and oxygen atoms in total. The first-order valence-corrected chi connectivity index (χ1v) is 7.07. The first-order valence-electron chi connectivity index (χ1n) is 5.95. The molecule has 1 unspecified atom stereocenters. The Balaban J connectivity index is 2.08. The number of carbonyl (C=O) groups excluding carboxylic acids is 1. The van der Waals surface area contributed by atoms with Gasteiger partial charge in [0.2, 0.25) is 0 Å². The molecular weight excluding hydrogens is 301 g/mol. The fraction of sp³-hybridized carbons (Fsp3) is 0.462. The van der Waals surface area contributed by atoms with Crippen LogP contribution < -0.4 is 0 Å². The van der Waals surface area contributed by atoms with E-state index in [0.29, 0.717) is 19.0 Å². The Morgan fingerprint density at radius 3 is 3.00 bits per heavy atom. The average molecular weight is 316 g/mol. The highest BCUT2D eigenvalue weighted by Gasteiger charge is 2.27. The van der Waals surface area contributed by atoms with Crippen molar-refractivity contribution in [1.82, 2.24) is 4.90 Å². The van der Waals surface area contributed by atoms with Crippen LogP contribution in [0.2, 0.25) is 0 Å². The van der Waals surface area contributed by atoms with Gasteiger partial charge in [-0.3, -0.25) is 4.79 Å². The normalized spacial score (nSPS) is 19.2. The highest BCUT2D eigenvalue weighted by atomic mass is 79.9. The molecule has 0 spiro atoms. The second kappa shape index (κ2) is 5.69. The number of nitrogens with zero attached hydrogens (tertiary/aromatic N) is 1. The zero-order valence-electron chi connectivity index (χ0n) is 9.90. The topological polar surface area (TPSA) is 40.5 Å². The summed E-state index contributed by atoms with van der Waals surface area (Å²) in [6, 6.07) is 3.50. The highest BCUT2D eigenvalue weighted by Crippen LogP contribution is 2.25. The van der Waals surface area contributed by atoms with E-state index in [-0.39, 0.29) is 17.2 Å². The van der Waals surface area contributed by atoms with Crippen molar-refractivity contribution in [3.05, 3.63) is 29.6 Å². The van der Waals surface area contributed by atoms with Gasteiger partial charge in [-0.1, -0.05) is 15.9 Å². The number of benzene rings is 1. The highest BCUT2D eigenvalue weighted by molar-refractivity contribution is 9.09. The van der Waals surface area contributed by atoms with Crippen LogP contribution in [0.15, 0.2) is 18.2 Å². The number of hydrogen-bond donors (Lipinski definition) is 1. The Kier molecular flexibility index (Phi) is 4.22. The predicted molar refractivity (Wildman–Crippen MR) is 70.5 cm³/mol. The molecule has 18 heavy (non-hydrogen) atoms. The summed E-state index contributed by atoms with van der Waals surface area (Å²) in [5.74, 6) is -0.535. The zero-order valence-corrected chi connectivity index (χ0v) is 11.5. The van der Waals surface area contributed by atoms with Crippen LogP contribution in [0.1, 0.15) is 23.2 Å². The summed E-state index contributed by atoms with van der Waals surface area (Å²) in [7, 11) is 0. The molecule has 1 saturated heterocycles. The molecule has 0 aromatic heterocycles. The molecule has 1 fully saturated rings. The van der Waals surface area contributed by atoms with E-state index in [1.807, 2.05) is 0 Å². The molecule has 98 valence electrons. The smallest absolute Gasteiger partial charge is 0.257 e. The molecule has 0 bridgehead atoms. The van der Waals surface area contributed by atoms with Gasteiger partial charge >= 0.3 is 0 Å². The molecule has 1 amide bonds. The van der Waals surface area contributed by atoms with Gasteiger partial charge in [0.05, 0.1) is 5.56 Å². The third-order valence-corrected chi connectivity index (χ3v) is 3.74. The second-order valence-corrected chi connectivity index (χ2v) is 5.34. The van der Waals surface area contributed by atoms with E-state index in [1.54, 1.807) is 4.90 Å². The van der Waals surface area contributed by atoms with Crippen LogP contribution in [0.5, 0.6) is 5.75 Å². The minimum absolute atomic E-state index is 0.177. The molecule has 1 aromatic rings. The maximum atomic E-state index is 12.9. The van der Waals surface area contributed by atoms with Gasteiger partial charge in [0, 0.05) is 24.5 Å². The SMILES string of the molecule is O=C(c1ccc(F)cc1O)N1CCC(CCBr)C1. The van der Waals surface area contributed by atoms with Gasteiger partial charge in [-0.15, -0.1) is 0 Å². The van der Waals surface area contributed by atoms with Crippen molar-refractivity contribution in [3.63, 3.8) is 0 Å². The van der Waals surface area contributed by atoms with Crippen molar-refractivity contribution in [3.8, 4) is 5.75 Å². The van der Waals surface area contributed by atoms with Crippen LogP contribution in [-0.4, -0.2) is 34.3 Å². The number of hydrogen-bond acceptors (Lipinski definition) is 2. The molecule has 1 atom stereocenters. The number of halogens is 2. The number of amides is 1. The number of phenols is 1. The van der Waals surface area contributed by atoms with E-state index in [0.717, 1.165) is 24.2 Å². The van der Waals surface area contributed by atoms with E-state index < -0.39 is 5.82 Å². The minimum atomic E-state index is -0.539. The van der Waals surface area contributed by atoms with E-state index in [9.17, 15) is 14.3 Å². The summed E-state index contributed by atoms with van der Waals surface area (Å²) in [5.41, 5.74) is 0.177. The molecule has 1 aliphatic heterocycles. The number of aromatic hydroxyl groups is 1. The third-order valence-electron chi connectivity index (χ3n) is 3.28. The molecule has 1 heterocycles. The van der Waals surface area contributed by atoms with Crippen molar-refractivity contribution >= 4 is 21.8 Å². The van der Waals surface area contributed by atoms with E-state index >= 15 is 0 Å². The number of alkyl halides is 1. The standard InChI is InChI=1S/C13H15BrFNO2/c14-5-3-9-4-6-16(8-9)13(18)11-2-1-10(15)7-12(11)17/h1-2,7,9,17H,3-6,8H2. The third kappa shape index (κ3) is 2.83. The predicted octanol–water partition coefficient (Wildman–Crippen LogP) is 2.78. The Morgan fingerprint density at radius 1 is 1.56 bits per heavy atom. The summed E-state index contributed by atoms with van der Waals surface area (Å²) >= 11 is 3.40. The van der Waals surface area contributed by atoms with Crippen LogP contribution in [0.25, 0.3) is 0 Å². The second-order valence-electron chi connectivity index (χ2n) is 4.54. The van der Waals surface area contributed by atoms with Crippen molar-refractivity contribution in [2.45, 2.75) is 12.8 Å². The van der Waals surface area contributed by atoms with Gasteiger partial charge in [-0.25, -0.2) is 4.39 Å². The molecule has 5 heteroatoms. The van der Waals surface area contributed by atoms with Gasteiger partial charge in [0.15, 0.2) is 0 Å². The monoisotopic (exact) mass is 315 g/mol. The maximum Gasteiger partial charge on any atom is 0.257 e. The summed E-state index contributed by atoms with van der Waals surface area (Å²) in [6.07, 6.45) is 2.03. The number of carbonyl (C=O) groups is 1. The average Bonchev–Trinajstić information content (AvgIpc) is 2.77. The molecule has 0 saturated carbocycles. The molecular formula is C13H15BrFNO2. The summed E-state index contributed by atoms with van der Waals surface area (Å²) < 4.78 is 12.9. The number of phenolic OH excluding ortho intramolecular Hbond substituents is 1. The van der Waals surface area contributed by atoms with Crippen molar-refractivity contribution in [2.24, 2.45) is 5.92 Å². The molecule has 1 N–H and O–H groups in total. The van der Waals surface area contributed by atoms with Gasteiger partial charge in [-0.2, -0.15) is 0 Å². The van der Waals surface area contributed by atoms with Crippen LogP contribution in [0.4, 0.5) is 4.39 Å². The van der Waals surface area contributed by atoms with Gasteiger partial charge in [0.1, 0.15) is 11.6 Å². The fourth-order valence-electron chi connectivity index (χ4n) is 2.26. The number of likely N-dealkylation sites (tertiary alicyclic amines) is 1. The Hall–Kier alpha value is -1.10. The van der Waals surface area contributed by atoms with Crippen molar-refractivity contribution in [2.75, 3.05) is 18.4 Å². The van der Waals surface area contributed by atoms with Crippen molar-refractivity contribution < 1.29 is 14.3 Å². The Bertz CT molecular complexity index is 453. The quantitative estimate of drug-likeness (QED) is 0.871. The van der Waals surface area contributed by atoms with Crippen LogP contribution in [0, 0.1) is 11.7 Å². The van der Waals surface area contributed by atoms with E-state index in [4.69, 9.17) is 0 Å². The summed E-state index contributed by atoms with van der Waals surface area (Å²) in [4.78, 5) is 13.9. The molecule has 1 aromatic carbocycles. The Labute approximate surface area is 114 Å². The first-order chi connectivity index (χ1) is 8.61. The van der Waals surface area contributed by atoms with Gasteiger partial charge in [-0.05, 0) is 30.9 Å². The van der Waals surface area contributed by atoms with Crippen LogP contribution in [-0.2, 0) is 0 Å². The van der Waals surface area contributed by atoms with Crippen LogP contribution >= 0.6 is 15.9 Å². The largest absolute Gasteiger partial charge is 0.507 e. The minimum Gasteiger partial charge on any atom is -0.507 e. The number of rotatable bonds is 3. The zero-order chi connectivity index (χ0) is 13.1. The van der Waals surface area contributed by atoms with Gasteiger partial charge in [0.25, 0.3) is 5.91 Å². The fourth-order valence-corrected chi connectivity index (χ4v) is 2.91. The molecule has 1 aliphatic rings. The van der Waals surface area contributed by atoms with E-state index in [2.05, 4.69) is 15.9 Å². The van der Waals surface area contributed by atoms with E-state index in [1.165, 1.54) is 12.1 Å². The summed E-state index contributed by atoms with van der Waals surface area (Å²) in [6.45, 7) is 1.41. The summed E-state index contributed by atoms with van der Waals surface area (Å²) in [5, 5.41) is 10.5. The van der Waals surface area contributed by atoms with Gasteiger partial charge < -0.3 is 10.0 Å². The van der Waals surface area contributed by atoms with Crippen LogP contribution in [0.3, 0.4) is 0 Å². The lowest BCUT2D eigenvalue weighted by Crippen LogP contribution is -2.28. The Morgan fingerprint density at radius 2 is 2.33 bits per heavy atom.